The number of hydrogen-bond acceptors (Lipinski definition) is 3. The molecule has 2 aliphatic heterocycles. The van der Waals surface area contributed by atoms with Gasteiger partial charge in [0, 0.05) is 25.7 Å². The van der Waals surface area contributed by atoms with Gasteiger partial charge >= 0.3 is 0 Å². The van der Waals surface area contributed by atoms with Crippen LogP contribution >= 0.6 is 0 Å². The Bertz CT molecular complexity index is 546. The predicted molar refractivity (Wildman–Crippen MR) is 87.6 cm³/mol. The van der Waals surface area contributed by atoms with E-state index in [1.807, 2.05) is 23.1 Å². The molecule has 0 saturated carbocycles. The summed E-state index contributed by atoms with van der Waals surface area (Å²) in [6, 6.07) is 5.92. The molecule has 1 atom stereocenters. The molecule has 0 spiro atoms. The second kappa shape index (κ2) is 7.57. The number of carbonyl (C=O) groups is 2. The number of amides is 2. The molecule has 124 valence electrons. The van der Waals surface area contributed by atoms with Crippen LogP contribution in [-0.4, -0.2) is 46.2 Å². The van der Waals surface area contributed by atoms with Gasteiger partial charge in [0.05, 0.1) is 18.3 Å². The van der Waals surface area contributed by atoms with Crippen molar-refractivity contribution in [1.82, 2.24) is 14.8 Å². The summed E-state index contributed by atoms with van der Waals surface area (Å²) in [5.74, 6) is 0.192. The largest absolute Gasteiger partial charge is 0.333 e. The SMILES string of the molecule is O=C1CCCCCN1CC(=O)N1CCCC[C@@H]1c1ccccn1. The highest BCUT2D eigenvalue weighted by Gasteiger charge is 2.30. The lowest BCUT2D eigenvalue weighted by atomic mass is 9.98. The first kappa shape index (κ1) is 16.0. The lowest BCUT2D eigenvalue weighted by Gasteiger charge is -2.36. The first-order valence-electron chi connectivity index (χ1n) is 8.74. The topological polar surface area (TPSA) is 53.5 Å². The van der Waals surface area contributed by atoms with Crippen molar-refractivity contribution in [3.8, 4) is 0 Å². The number of hydrogen-bond donors (Lipinski definition) is 0. The third kappa shape index (κ3) is 3.89. The molecular weight excluding hydrogens is 290 g/mol. The van der Waals surface area contributed by atoms with Crippen molar-refractivity contribution in [2.24, 2.45) is 0 Å². The van der Waals surface area contributed by atoms with Crippen LogP contribution in [0.1, 0.15) is 56.7 Å². The zero-order chi connectivity index (χ0) is 16.1. The number of pyridine rings is 1. The lowest BCUT2D eigenvalue weighted by Crippen LogP contribution is -2.46. The summed E-state index contributed by atoms with van der Waals surface area (Å²) in [5, 5.41) is 0. The van der Waals surface area contributed by atoms with Crippen molar-refractivity contribution in [3.63, 3.8) is 0 Å². The van der Waals surface area contributed by atoms with Gasteiger partial charge in [-0.1, -0.05) is 12.5 Å². The minimum Gasteiger partial charge on any atom is -0.333 e. The fourth-order valence-electron chi connectivity index (χ4n) is 3.57. The second-order valence-electron chi connectivity index (χ2n) is 6.48. The van der Waals surface area contributed by atoms with Crippen LogP contribution in [0, 0.1) is 0 Å². The van der Waals surface area contributed by atoms with Gasteiger partial charge in [-0.15, -0.1) is 0 Å². The molecule has 2 aliphatic rings. The number of nitrogens with zero attached hydrogens (tertiary/aromatic N) is 3. The molecule has 2 fully saturated rings. The molecular formula is C18H25N3O2. The normalized spacial score (nSPS) is 22.8. The average Bonchev–Trinajstić information content (AvgIpc) is 2.80. The molecule has 1 aromatic heterocycles. The number of carbonyl (C=O) groups excluding carboxylic acids is 2. The van der Waals surface area contributed by atoms with E-state index >= 15 is 0 Å². The summed E-state index contributed by atoms with van der Waals surface area (Å²) in [4.78, 5) is 33.1. The van der Waals surface area contributed by atoms with Gasteiger partial charge in [0.2, 0.25) is 11.8 Å². The zero-order valence-electron chi connectivity index (χ0n) is 13.6. The van der Waals surface area contributed by atoms with Crippen molar-refractivity contribution in [2.45, 2.75) is 51.0 Å². The van der Waals surface area contributed by atoms with Crippen LogP contribution < -0.4 is 0 Å². The first-order valence-corrected chi connectivity index (χ1v) is 8.74. The van der Waals surface area contributed by atoms with Gasteiger partial charge < -0.3 is 9.80 Å². The van der Waals surface area contributed by atoms with E-state index in [9.17, 15) is 9.59 Å². The van der Waals surface area contributed by atoms with E-state index in [0.717, 1.165) is 50.8 Å². The Morgan fingerprint density at radius 2 is 2.00 bits per heavy atom. The first-order chi connectivity index (χ1) is 11.3. The monoisotopic (exact) mass is 315 g/mol. The molecule has 2 amide bonds. The molecule has 5 nitrogen and oxygen atoms in total. The van der Waals surface area contributed by atoms with Crippen molar-refractivity contribution >= 4 is 11.8 Å². The van der Waals surface area contributed by atoms with Crippen molar-refractivity contribution in [1.29, 1.82) is 0 Å². The maximum atomic E-state index is 12.8. The van der Waals surface area contributed by atoms with Crippen molar-refractivity contribution in [2.75, 3.05) is 19.6 Å². The van der Waals surface area contributed by atoms with Gasteiger partial charge in [-0.3, -0.25) is 14.6 Å². The standard InChI is InChI=1S/C18H25N3O2/c22-17-10-2-1-6-12-20(17)14-18(23)21-13-7-4-9-16(21)15-8-3-5-11-19-15/h3,5,8,11,16H,1-2,4,6-7,9-10,12-14H2/t16-/m1/s1. The van der Waals surface area contributed by atoms with E-state index in [-0.39, 0.29) is 24.4 Å². The van der Waals surface area contributed by atoms with Crippen molar-refractivity contribution < 1.29 is 9.59 Å². The van der Waals surface area contributed by atoms with Crippen LogP contribution in [0.5, 0.6) is 0 Å². The highest BCUT2D eigenvalue weighted by molar-refractivity contribution is 5.85. The zero-order valence-corrected chi connectivity index (χ0v) is 13.6. The van der Waals surface area contributed by atoms with Crippen LogP contribution in [0.2, 0.25) is 0 Å². The molecule has 3 heterocycles. The summed E-state index contributed by atoms with van der Waals surface area (Å²) < 4.78 is 0. The van der Waals surface area contributed by atoms with E-state index in [0.29, 0.717) is 13.0 Å². The Morgan fingerprint density at radius 3 is 2.83 bits per heavy atom. The fraction of sp³-hybridized carbons (Fsp3) is 0.611. The minimum absolute atomic E-state index is 0.0551. The molecule has 0 unspecified atom stereocenters. The Kier molecular flexibility index (Phi) is 5.26. The molecule has 0 aromatic carbocycles. The highest BCUT2D eigenvalue weighted by atomic mass is 16.2. The fourth-order valence-corrected chi connectivity index (χ4v) is 3.57. The highest BCUT2D eigenvalue weighted by Crippen LogP contribution is 2.29. The Hall–Kier alpha value is -1.91. The second-order valence-corrected chi connectivity index (χ2v) is 6.48. The maximum absolute atomic E-state index is 12.8. The minimum atomic E-state index is 0.0551. The summed E-state index contributed by atoms with van der Waals surface area (Å²) in [6.45, 7) is 1.71. The van der Waals surface area contributed by atoms with E-state index in [1.165, 1.54) is 0 Å². The number of rotatable bonds is 3. The third-order valence-corrected chi connectivity index (χ3v) is 4.85. The molecule has 0 N–H and O–H groups in total. The van der Waals surface area contributed by atoms with Crippen LogP contribution in [0.3, 0.4) is 0 Å². The molecule has 0 radical (unpaired) electrons. The molecule has 0 aliphatic carbocycles. The average molecular weight is 315 g/mol. The predicted octanol–water partition coefficient (Wildman–Crippen LogP) is 2.54. The smallest absolute Gasteiger partial charge is 0.242 e. The van der Waals surface area contributed by atoms with Gasteiger partial charge in [0.25, 0.3) is 0 Å². The summed E-state index contributed by atoms with van der Waals surface area (Å²) >= 11 is 0. The Morgan fingerprint density at radius 1 is 1.13 bits per heavy atom. The van der Waals surface area contributed by atoms with Gasteiger partial charge in [0.1, 0.15) is 0 Å². The van der Waals surface area contributed by atoms with E-state index < -0.39 is 0 Å². The summed E-state index contributed by atoms with van der Waals surface area (Å²) in [7, 11) is 0. The van der Waals surface area contributed by atoms with Gasteiger partial charge in [-0.25, -0.2) is 0 Å². The molecule has 1 aromatic rings. The van der Waals surface area contributed by atoms with Crippen LogP contribution in [-0.2, 0) is 9.59 Å². The van der Waals surface area contributed by atoms with Crippen LogP contribution in [0.15, 0.2) is 24.4 Å². The lowest BCUT2D eigenvalue weighted by molar-refractivity contribution is -0.142. The van der Waals surface area contributed by atoms with E-state index in [2.05, 4.69) is 4.98 Å². The van der Waals surface area contributed by atoms with Crippen molar-refractivity contribution in [3.05, 3.63) is 30.1 Å². The van der Waals surface area contributed by atoms with E-state index in [1.54, 1.807) is 11.1 Å². The Balaban J connectivity index is 1.70. The Labute approximate surface area is 137 Å². The van der Waals surface area contributed by atoms with Crippen LogP contribution in [0.25, 0.3) is 0 Å². The number of likely N-dealkylation sites (tertiary alicyclic amines) is 2. The molecule has 5 heteroatoms. The molecule has 3 rings (SSSR count). The summed E-state index contributed by atoms with van der Waals surface area (Å²) in [6.07, 6.45) is 8.50. The molecule has 2 saturated heterocycles. The van der Waals surface area contributed by atoms with Gasteiger partial charge in [-0.2, -0.15) is 0 Å². The molecule has 23 heavy (non-hydrogen) atoms. The van der Waals surface area contributed by atoms with Gasteiger partial charge in [-0.05, 0) is 44.2 Å². The van der Waals surface area contributed by atoms with Crippen LogP contribution in [0.4, 0.5) is 0 Å². The maximum Gasteiger partial charge on any atom is 0.242 e. The molecule has 0 bridgehead atoms. The quantitative estimate of drug-likeness (QED) is 0.861. The summed E-state index contributed by atoms with van der Waals surface area (Å²) in [5.41, 5.74) is 0.961. The van der Waals surface area contributed by atoms with Gasteiger partial charge in [0.15, 0.2) is 0 Å². The third-order valence-electron chi connectivity index (χ3n) is 4.85. The number of piperidine rings is 1. The van der Waals surface area contributed by atoms with E-state index in [4.69, 9.17) is 0 Å². The number of aromatic nitrogens is 1.